The summed E-state index contributed by atoms with van der Waals surface area (Å²) in [4.78, 5) is 49.3. The molecule has 3 rings (SSSR count). The van der Waals surface area contributed by atoms with Gasteiger partial charge in [0, 0.05) is 15.1 Å². The third-order valence-corrected chi connectivity index (χ3v) is 5.16. The van der Waals surface area contributed by atoms with Crippen molar-refractivity contribution in [1.29, 1.82) is 0 Å². The Hall–Kier alpha value is -3.28. The fourth-order valence-electron chi connectivity index (χ4n) is 3.18. The minimum Gasteiger partial charge on any atom is -0.463 e. The predicted molar refractivity (Wildman–Crippen MR) is 122 cm³/mol. The molecule has 186 valence electrons. The van der Waals surface area contributed by atoms with E-state index in [2.05, 4.69) is 20.3 Å². The lowest BCUT2D eigenvalue weighted by molar-refractivity contribution is -0.162. The number of anilines is 2. The summed E-state index contributed by atoms with van der Waals surface area (Å²) in [5, 5.41) is 2.61. The van der Waals surface area contributed by atoms with Crippen LogP contribution in [0.5, 0.6) is 0 Å². The molecule has 2 aromatic heterocycles. The van der Waals surface area contributed by atoms with Gasteiger partial charge in [0.15, 0.2) is 11.5 Å². The zero-order valence-corrected chi connectivity index (χ0v) is 19.7. The summed E-state index contributed by atoms with van der Waals surface area (Å²) in [7, 11) is 0. The van der Waals surface area contributed by atoms with Gasteiger partial charge >= 0.3 is 11.9 Å². The Kier molecular flexibility index (Phi) is 6.84. The molecular formula is C22H32N6O6. The van der Waals surface area contributed by atoms with Gasteiger partial charge in [0.05, 0.1) is 18.2 Å². The molecule has 0 saturated carbocycles. The molecule has 0 radical (unpaired) electrons. The van der Waals surface area contributed by atoms with Crippen LogP contribution in [-0.2, 0) is 28.6 Å². The summed E-state index contributed by atoms with van der Waals surface area (Å²) < 4.78 is 33.4. The fraction of sp³-hybridized carbons (Fsp3) is 0.636. The van der Waals surface area contributed by atoms with Crippen LogP contribution in [0.25, 0.3) is 11.2 Å². The molecule has 34 heavy (non-hydrogen) atoms. The average molecular weight is 479 g/mol. The molecule has 1 aliphatic heterocycles. The van der Waals surface area contributed by atoms with E-state index in [-0.39, 0.29) is 50.4 Å². The maximum Gasteiger partial charge on any atom is 0.308 e. The Morgan fingerprint density at radius 2 is 1.91 bits per heavy atom. The lowest BCUT2D eigenvalue weighted by Crippen LogP contribution is -2.33. The monoisotopic (exact) mass is 478 g/mol. The zero-order chi connectivity index (χ0) is 26.6. The first-order valence-electron chi connectivity index (χ1n) is 12.4. The number of nitrogens with two attached hydrogens (primary N) is 1. The van der Waals surface area contributed by atoms with E-state index in [0.717, 1.165) is 0 Å². The lowest BCUT2D eigenvalue weighted by Gasteiger charge is -2.20. The normalized spacial score (nSPS) is 22.7. The van der Waals surface area contributed by atoms with Crippen molar-refractivity contribution in [3.05, 3.63) is 6.33 Å². The molecule has 12 heteroatoms. The van der Waals surface area contributed by atoms with Gasteiger partial charge in [0.2, 0.25) is 11.9 Å². The first-order valence-corrected chi connectivity index (χ1v) is 11.0. The number of carbonyl (C=O) groups excluding carboxylic acids is 3. The van der Waals surface area contributed by atoms with E-state index in [9.17, 15) is 14.4 Å². The van der Waals surface area contributed by atoms with E-state index < -0.39 is 42.2 Å². The molecule has 3 unspecified atom stereocenters. The van der Waals surface area contributed by atoms with Crippen LogP contribution < -0.4 is 11.1 Å². The van der Waals surface area contributed by atoms with Crippen LogP contribution in [0.4, 0.5) is 11.8 Å². The average Bonchev–Trinajstić information content (AvgIpc) is 3.45. The van der Waals surface area contributed by atoms with Gasteiger partial charge in [0.1, 0.15) is 30.6 Å². The Bertz CT molecular complexity index is 1110. The van der Waals surface area contributed by atoms with Crippen LogP contribution in [0.15, 0.2) is 6.33 Å². The number of esters is 2. The Morgan fingerprint density at radius 3 is 2.59 bits per heavy atom. The van der Waals surface area contributed by atoms with Crippen LogP contribution in [0.3, 0.4) is 0 Å². The van der Waals surface area contributed by atoms with Gasteiger partial charge in [-0.1, -0.05) is 41.5 Å². The number of aromatic nitrogens is 4. The second-order valence-corrected chi connectivity index (χ2v) is 8.67. The number of amides is 1. The van der Waals surface area contributed by atoms with Gasteiger partial charge in [-0.05, 0) is 0 Å². The van der Waals surface area contributed by atoms with Crippen LogP contribution in [0, 0.1) is 17.8 Å². The number of rotatable bonds is 8. The second-order valence-electron chi connectivity index (χ2n) is 8.67. The van der Waals surface area contributed by atoms with Crippen molar-refractivity contribution in [2.24, 2.45) is 17.8 Å². The van der Waals surface area contributed by atoms with Crippen LogP contribution in [-0.4, -0.2) is 56.2 Å². The number of nitrogens with zero attached hydrogens (tertiary/aromatic N) is 4. The van der Waals surface area contributed by atoms with Crippen LogP contribution in [0.2, 0.25) is 0 Å². The molecule has 3 N–H and O–H groups in total. The summed E-state index contributed by atoms with van der Waals surface area (Å²) in [6.45, 7) is 6.19. The van der Waals surface area contributed by atoms with Crippen molar-refractivity contribution in [2.45, 2.75) is 66.4 Å². The largest absolute Gasteiger partial charge is 0.463 e. The van der Waals surface area contributed by atoms with Gasteiger partial charge in [-0.25, -0.2) is 4.98 Å². The van der Waals surface area contributed by atoms with Crippen molar-refractivity contribution in [3.63, 3.8) is 0 Å². The molecular weight excluding hydrogens is 444 g/mol. The first-order chi connectivity index (χ1) is 17.0. The molecule has 1 saturated heterocycles. The fourth-order valence-corrected chi connectivity index (χ4v) is 3.18. The van der Waals surface area contributed by atoms with E-state index in [1.807, 2.05) is 0 Å². The molecule has 0 aromatic carbocycles. The molecule has 1 aliphatic rings. The molecule has 0 spiro atoms. The third kappa shape index (κ3) is 5.61. The standard InChI is InChI=1S/C22H32N6O6/c1-10(2)19(29)27-22-25-17(23)16-18(26-22)28(9-24-16)15-7-13(34-21(31)12(5)6)14(33-15)8-32-20(30)11(3)4/h9-15H,7-8H2,1-6H3,(H3,23,25,26,27,29)/t13-,14+,15?/m0/s1/i3D,5D/t11?,12?,13-,14+,15?. The Balaban J connectivity index is 1.86. The second kappa shape index (κ2) is 10.3. The van der Waals surface area contributed by atoms with Crippen LogP contribution in [0.1, 0.15) is 56.9 Å². The lowest BCUT2D eigenvalue weighted by atomic mass is 10.1. The molecule has 5 atom stereocenters. The predicted octanol–water partition coefficient (Wildman–Crippen LogP) is 2.06. The molecule has 3 heterocycles. The van der Waals surface area contributed by atoms with Gasteiger partial charge in [0.25, 0.3) is 0 Å². The van der Waals surface area contributed by atoms with Crippen molar-refractivity contribution >= 4 is 40.8 Å². The molecule has 0 bridgehead atoms. The van der Waals surface area contributed by atoms with Crippen molar-refractivity contribution in [3.8, 4) is 0 Å². The topological polar surface area (TPSA) is 161 Å². The molecule has 1 amide bonds. The summed E-state index contributed by atoms with van der Waals surface area (Å²) in [6.07, 6.45) is -0.631. The van der Waals surface area contributed by atoms with Gasteiger partial charge in [-0.2, -0.15) is 9.97 Å². The highest BCUT2D eigenvalue weighted by atomic mass is 16.6. The highest BCUT2D eigenvalue weighted by Gasteiger charge is 2.41. The zero-order valence-electron chi connectivity index (χ0n) is 21.7. The Morgan fingerprint density at radius 1 is 1.21 bits per heavy atom. The number of imidazole rings is 1. The number of carbonyl (C=O) groups is 3. The third-order valence-electron chi connectivity index (χ3n) is 5.16. The highest BCUT2D eigenvalue weighted by Crippen LogP contribution is 2.34. The number of hydrogen-bond donors (Lipinski definition) is 2. The summed E-state index contributed by atoms with van der Waals surface area (Å²) in [5.41, 5.74) is 6.64. The summed E-state index contributed by atoms with van der Waals surface area (Å²) in [5.74, 6) is -2.85. The van der Waals surface area contributed by atoms with Crippen molar-refractivity contribution in [2.75, 3.05) is 17.7 Å². The van der Waals surface area contributed by atoms with E-state index in [1.54, 1.807) is 32.3 Å². The number of ether oxygens (including phenoxy) is 3. The molecule has 1 fully saturated rings. The van der Waals surface area contributed by atoms with Crippen molar-refractivity contribution < 1.29 is 31.3 Å². The Labute approximate surface area is 200 Å². The van der Waals surface area contributed by atoms with Gasteiger partial charge < -0.3 is 19.9 Å². The first kappa shape index (κ1) is 22.5. The number of nitrogens with one attached hydrogen (secondary N) is 1. The summed E-state index contributed by atoms with van der Waals surface area (Å²) >= 11 is 0. The maximum absolute atomic E-state index is 12.4. The van der Waals surface area contributed by atoms with E-state index in [0.29, 0.717) is 11.2 Å². The molecule has 0 aliphatic carbocycles. The smallest absolute Gasteiger partial charge is 0.308 e. The molecule has 12 nitrogen and oxygen atoms in total. The van der Waals surface area contributed by atoms with Crippen molar-refractivity contribution in [1.82, 2.24) is 19.5 Å². The van der Waals surface area contributed by atoms with Crippen LogP contribution >= 0.6 is 0 Å². The van der Waals surface area contributed by atoms with Gasteiger partial charge in [-0.15, -0.1) is 0 Å². The number of hydrogen-bond acceptors (Lipinski definition) is 10. The minimum atomic E-state index is -0.796. The van der Waals surface area contributed by atoms with E-state index in [1.165, 1.54) is 6.33 Å². The minimum absolute atomic E-state index is 0.0144. The highest BCUT2D eigenvalue weighted by molar-refractivity contribution is 5.92. The van der Waals surface area contributed by atoms with E-state index in [4.69, 9.17) is 22.7 Å². The number of nitrogen functional groups attached to an aromatic ring is 1. The maximum atomic E-state index is 12.4. The SMILES string of the molecule is [2H]CC(C)C(=O)OC[C@H]1OC(n2cnc3c(N)nc(NC(=O)C(C)C)nc32)C[C@@H]1OC(=O)C(C)C[2H]. The quantitative estimate of drug-likeness (QED) is 0.537. The molecule has 2 aromatic rings. The van der Waals surface area contributed by atoms with Gasteiger partial charge in [-0.3, -0.25) is 24.3 Å². The van der Waals surface area contributed by atoms with E-state index >= 15 is 0 Å². The summed E-state index contributed by atoms with van der Waals surface area (Å²) in [6, 6.07) is 0. The number of fused-ring (bicyclic) bond motifs is 1.